The topological polar surface area (TPSA) is 46.5 Å². The second kappa shape index (κ2) is 4.02. The van der Waals surface area contributed by atoms with E-state index in [0.29, 0.717) is 24.0 Å². The van der Waals surface area contributed by atoms with Gasteiger partial charge in [0.25, 0.3) is 0 Å². The molecule has 1 aromatic rings. The van der Waals surface area contributed by atoms with Crippen molar-refractivity contribution in [2.75, 3.05) is 7.11 Å². The van der Waals surface area contributed by atoms with Gasteiger partial charge in [0.2, 0.25) is 0 Å². The molecule has 0 atom stereocenters. The quantitative estimate of drug-likeness (QED) is 0.880. The summed E-state index contributed by atoms with van der Waals surface area (Å²) < 4.78 is 18.9. The highest BCUT2D eigenvalue weighted by molar-refractivity contribution is 5.83. The van der Waals surface area contributed by atoms with Gasteiger partial charge in [0, 0.05) is 5.56 Å². The summed E-state index contributed by atoms with van der Waals surface area (Å²) in [5.41, 5.74) is -0.0350. The lowest BCUT2D eigenvalue weighted by molar-refractivity contribution is -0.147. The number of benzene rings is 1. The van der Waals surface area contributed by atoms with Crippen LogP contribution in [0.2, 0.25) is 0 Å². The summed E-state index contributed by atoms with van der Waals surface area (Å²) in [6.45, 7) is 1.63. The van der Waals surface area contributed by atoms with Crippen LogP contribution in [0.15, 0.2) is 12.1 Å². The highest BCUT2D eigenvalue weighted by Gasteiger charge is 2.48. The van der Waals surface area contributed by atoms with Crippen molar-refractivity contribution in [2.45, 2.75) is 31.6 Å². The van der Waals surface area contributed by atoms with Gasteiger partial charge in [0.1, 0.15) is 0 Å². The van der Waals surface area contributed by atoms with Crippen molar-refractivity contribution in [3.63, 3.8) is 0 Å². The predicted molar refractivity (Wildman–Crippen MR) is 60.9 cm³/mol. The van der Waals surface area contributed by atoms with Crippen LogP contribution in [-0.2, 0) is 10.2 Å². The Hall–Kier alpha value is -1.58. The number of ether oxygens (including phenoxy) is 1. The number of rotatable bonds is 3. The average molecular weight is 238 g/mol. The fraction of sp³-hybridized carbons (Fsp3) is 0.462. The maximum absolute atomic E-state index is 13.9. The van der Waals surface area contributed by atoms with Gasteiger partial charge in [0.05, 0.1) is 12.5 Å². The van der Waals surface area contributed by atoms with E-state index in [4.69, 9.17) is 4.74 Å². The lowest BCUT2D eigenvalue weighted by atomic mass is 9.64. The van der Waals surface area contributed by atoms with Crippen molar-refractivity contribution in [1.82, 2.24) is 0 Å². The molecule has 0 unspecified atom stereocenters. The molecule has 0 bridgehead atoms. The molecular formula is C13H15FO3. The van der Waals surface area contributed by atoms with E-state index in [1.165, 1.54) is 7.11 Å². The van der Waals surface area contributed by atoms with Crippen LogP contribution >= 0.6 is 0 Å². The van der Waals surface area contributed by atoms with Gasteiger partial charge in [-0.15, -0.1) is 0 Å². The highest BCUT2D eigenvalue weighted by atomic mass is 19.1. The molecule has 0 aliphatic heterocycles. The molecular weight excluding hydrogens is 223 g/mol. The standard InChI is InChI=1S/C13H15FO3/c1-8-4-5-9(11(17-2)10(8)14)13(12(15)16)6-3-7-13/h4-5H,3,6-7H2,1-2H3,(H,15,16). The Balaban J connectivity index is 2.59. The van der Waals surface area contributed by atoms with Gasteiger partial charge in [0.15, 0.2) is 11.6 Å². The molecule has 0 spiro atoms. The molecule has 0 saturated heterocycles. The van der Waals surface area contributed by atoms with Crippen molar-refractivity contribution in [1.29, 1.82) is 0 Å². The summed E-state index contributed by atoms with van der Waals surface area (Å²) in [6.07, 6.45) is 1.94. The van der Waals surface area contributed by atoms with Crippen LogP contribution in [0.1, 0.15) is 30.4 Å². The van der Waals surface area contributed by atoms with E-state index in [2.05, 4.69) is 0 Å². The van der Waals surface area contributed by atoms with E-state index in [0.717, 1.165) is 6.42 Å². The second-order valence-corrected chi connectivity index (χ2v) is 4.52. The van der Waals surface area contributed by atoms with Gasteiger partial charge in [-0.1, -0.05) is 18.6 Å². The molecule has 4 heteroatoms. The first kappa shape index (κ1) is 11.9. The molecule has 0 heterocycles. The summed E-state index contributed by atoms with van der Waals surface area (Å²) in [6, 6.07) is 3.28. The van der Waals surface area contributed by atoms with Crippen LogP contribution in [0.3, 0.4) is 0 Å². The second-order valence-electron chi connectivity index (χ2n) is 4.52. The summed E-state index contributed by atoms with van der Waals surface area (Å²) in [5, 5.41) is 9.34. The Morgan fingerprint density at radius 3 is 2.53 bits per heavy atom. The summed E-state index contributed by atoms with van der Waals surface area (Å²) in [4.78, 5) is 11.4. The zero-order valence-corrected chi connectivity index (χ0v) is 9.92. The van der Waals surface area contributed by atoms with Crippen LogP contribution in [-0.4, -0.2) is 18.2 Å². The first-order valence-corrected chi connectivity index (χ1v) is 5.60. The molecule has 0 radical (unpaired) electrons. The summed E-state index contributed by atoms with van der Waals surface area (Å²) in [5.74, 6) is -1.28. The van der Waals surface area contributed by atoms with Crippen LogP contribution in [0.5, 0.6) is 5.75 Å². The molecule has 17 heavy (non-hydrogen) atoms. The van der Waals surface area contributed by atoms with E-state index in [1.807, 2.05) is 0 Å². The number of carboxylic acid groups (broad SMARTS) is 1. The van der Waals surface area contributed by atoms with E-state index in [-0.39, 0.29) is 5.75 Å². The van der Waals surface area contributed by atoms with Gasteiger partial charge < -0.3 is 9.84 Å². The minimum absolute atomic E-state index is 0.0760. The number of hydrogen-bond donors (Lipinski definition) is 1. The number of halogens is 1. The van der Waals surface area contributed by atoms with Crippen molar-refractivity contribution < 1.29 is 19.0 Å². The third-order valence-corrected chi connectivity index (χ3v) is 3.63. The molecule has 1 aliphatic carbocycles. The maximum Gasteiger partial charge on any atom is 0.314 e. The van der Waals surface area contributed by atoms with Gasteiger partial charge >= 0.3 is 5.97 Å². The van der Waals surface area contributed by atoms with Crippen LogP contribution in [0, 0.1) is 12.7 Å². The SMILES string of the molecule is COc1c(C2(C(=O)O)CCC2)ccc(C)c1F. The number of methoxy groups -OCH3 is 1. The molecule has 1 aromatic carbocycles. The Morgan fingerprint density at radius 1 is 1.47 bits per heavy atom. The Bertz CT molecular complexity index is 464. The van der Waals surface area contributed by atoms with Crippen molar-refractivity contribution >= 4 is 5.97 Å². The van der Waals surface area contributed by atoms with Gasteiger partial charge in [-0.2, -0.15) is 0 Å². The molecule has 1 aliphatic rings. The molecule has 2 rings (SSSR count). The average Bonchev–Trinajstić information content (AvgIpc) is 2.21. The fourth-order valence-electron chi connectivity index (χ4n) is 2.36. The number of aryl methyl sites for hydroxylation is 1. The zero-order valence-electron chi connectivity index (χ0n) is 9.92. The Kier molecular flexibility index (Phi) is 2.81. The number of hydrogen-bond acceptors (Lipinski definition) is 2. The normalized spacial score (nSPS) is 17.4. The van der Waals surface area contributed by atoms with Gasteiger partial charge in [-0.3, -0.25) is 4.79 Å². The van der Waals surface area contributed by atoms with E-state index in [1.54, 1.807) is 19.1 Å². The van der Waals surface area contributed by atoms with Gasteiger partial charge in [-0.05, 0) is 25.3 Å². The summed E-state index contributed by atoms with van der Waals surface area (Å²) >= 11 is 0. The van der Waals surface area contributed by atoms with E-state index < -0.39 is 17.2 Å². The Morgan fingerprint density at radius 2 is 2.12 bits per heavy atom. The number of carbonyl (C=O) groups is 1. The van der Waals surface area contributed by atoms with E-state index in [9.17, 15) is 14.3 Å². The molecule has 3 nitrogen and oxygen atoms in total. The van der Waals surface area contributed by atoms with Crippen LogP contribution in [0.25, 0.3) is 0 Å². The molecule has 1 N–H and O–H groups in total. The predicted octanol–water partition coefficient (Wildman–Crippen LogP) is 2.65. The van der Waals surface area contributed by atoms with Gasteiger partial charge in [-0.25, -0.2) is 4.39 Å². The monoisotopic (exact) mass is 238 g/mol. The molecule has 1 fully saturated rings. The first-order chi connectivity index (χ1) is 8.03. The lowest BCUT2D eigenvalue weighted by Gasteiger charge is -2.38. The Labute approximate surface area is 99.2 Å². The summed E-state index contributed by atoms with van der Waals surface area (Å²) in [7, 11) is 1.37. The molecule has 0 aromatic heterocycles. The molecule has 92 valence electrons. The van der Waals surface area contributed by atoms with Crippen LogP contribution < -0.4 is 4.74 Å². The minimum Gasteiger partial charge on any atom is -0.493 e. The number of carboxylic acids is 1. The first-order valence-electron chi connectivity index (χ1n) is 5.60. The highest BCUT2D eigenvalue weighted by Crippen LogP contribution is 2.48. The molecule has 0 amide bonds. The third kappa shape index (κ3) is 1.59. The van der Waals surface area contributed by atoms with Crippen molar-refractivity contribution in [2.24, 2.45) is 0 Å². The maximum atomic E-state index is 13.9. The smallest absolute Gasteiger partial charge is 0.314 e. The third-order valence-electron chi connectivity index (χ3n) is 3.63. The zero-order chi connectivity index (χ0) is 12.6. The lowest BCUT2D eigenvalue weighted by Crippen LogP contribution is -2.42. The number of aliphatic carboxylic acids is 1. The van der Waals surface area contributed by atoms with Crippen molar-refractivity contribution in [3.05, 3.63) is 29.1 Å². The van der Waals surface area contributed by atoms with Crippen molar-refractivity contribution in [3.8, 4) is 5.75 Å². The van der Waals surface area contributed by atoms with Crippen LogP contribution in [0.4, 0.5) is 4.39 Å². The fourth-order valence-corrected chi connectivity index (χ4v) is 2.36. The molecule has 1 saturated carbocycles. The van der Waals surface area contributed by atoms with E-state index >= 15 is 0 Å². The minimum atomic E-state index is -0.958. The largest absolute Gasteiger partial charge is 0.493 e.